The van der Waals surface area contributed by atoms with Gasteiger partial charge in [0.2, 0.25) is 0 Å². The Morgan fingerprint density at radius 1 is 1.05 bits per heavy atom. The number of hydrogen-bond acceptors (Lipinski definition) is 2. The van der Waals surface area contributed by atoms with Gasteiger partial charge in [-0.3, -0.25) is 4.79 Å². The van der Waals surface area contributed by atoms with Gasteiger partial charge < -0.3 is 10.1 Å². The number of carbonyl (C=O) groups excluding carboxylic acids is 1. The number of ether oxygens (including phenoxy) is 1. The Morgan fingerprint density at radius 3 is 2.19 bits per heavy atom. The Morgan fingerprint density at radius 2 is 1.62 bits per heavy atom. The number of hydrogen-bond donors (Lipinski definition) is 1. The molecule has 21 heavy (non-hydrogen) atoms. The minimum Gasteiger partial charge on any atom is -0.481 e. The summed E-state index contributed by atoms with van der Waals surface area (Å²) in [4.78, 5) is 12.3. The van der Waals surface area contributed by atoms with Gasteiger partial charge in [-0.25, -0.2) is 0 Å². The first-order valence-electron chi connectivity index (χ1n) is 7.27. The zero-order valence-electron chi connectivity index (χ0n) is 12.5. The van der Waals surface area contributed by atoms with Gasteiger partial charge in [0.1, 0.15) is 5.75 Å². The van der Waals surface area contributed by atoms with Gasteiger partial charge in [-0.1, -0.05) is 55.5 Å². The molecule has 110 valence electrons. The molecule has 0 aromatic heterocycles. The number of para-hydroxylation sites is 1. The van der Waals surface area contributed by atoms with Crippen LogP contribution in [0.4, 0.5) is 0 Å². The number of benzene rings is 2. The predicted molar refractivity (Wildman–Crippen MR) is 84.1 cm³/mol. The molecule has 0 saturated carbocycles. The van der Waals surface area contributed by atoms with Crippen LogP contribution in [0.2, 0.25) is 0 Å². The second-order valence-corrected chi connectivity index (χ2v) is 4.97. The second-order valence-electron chi connectivity index (χ2n) is 4.97. The molecule has 0 unspecified atom stereocenters. The summed E-state index contributed by atoms with van der Waals surface area (Å²) in [5.74, 6) is 0.629. The van der Waals surface area contributed by atoms with E-state index < -0.39 is 6.10 Å². The topological polar surface area (TPSA) is 38.3 Å². The highest BCUT2D eigenvalue weighted by Crippen LogP contribution is 2.15. The van der Waals surface area contributed by atoms with Crippen molar-refractivity contribution >= 4 is 5.91 Å². The van der Waals surface area contributed by atoms with Gasteiger partial charge in [-0.15, -0.1) is 0 Å². The summed E-state index contributed by atoms with van der Waals surface area (Å²) in [7, 11) is 0. The molecule has 1 N–H and O–H groups in total. The maximum atomic E-state index is 12.3. The maximum absolute atomic E-state index is 12.3. The van der Waals surface area contributed by atoms with Crippen molar-refractivity contribution in [3.63, 3.8) is 0 Å². The van der Waals surface area contributed by atoms with Crippen LogP contribution in [0.1, 0.15) is 31.9 Å². The third-order valence-electron chi connectivity index (χ3n) is 3.34. The zero-order valence-corrected chi connectivity index (χ0v) is 12.5. The van der Waals surface area contributed by atoms with Gasteiger partial charge in [-0.2, -0.15) is 0 Å². The molecular formula is C18H21NO2. The molecule has 0 heterocycles. The minimum atomic E-state index is -0.474. The maximum Gasteiger partial charge on any atom is 0.261 e. The van der Waals surface area contributed by atoms with Gasteiger partial charge in [-0.05, 0) is 31.0 Å². The third-order valence-corrected chi connectivity index (χ3v) is 3.34. The van der Waals surface area contributed by atoms with E-state index in [1.807, 2.05) is 74.5 Å². The second kappa shape index (κ2) is 7.48. The van der Waals surface area contributed by atoms with Crippen LogP contribution in [0.3, 0.4) is 0 Å². The summed E-state index contributed by atoms with van der Waals surface area (Å²) >= 11 is 0. The van der Waals surface area contributed by atoms with Crippen molar-refractivity contribution in [3.8, 4) is 5.75 Å². The molecule has 0 fully saturated rings. The van der Waals surface area contributed by atoms with E-state index in [0.29, 0.717) is 12.2 Å². The van der Waals surface area contributed by atoms with Crippen molar-refractivity contribution in [2.75, 3.05) is 0 Å². The Labute approximate surface area is 126 Å². The highest BCUT2D eigenvalue weighted by atomic mass is 16.5. The molecule has 0 saturated heterocycles. The van der Waals surface area contributed by atoms with Crippen LogP contribution in [0.5, 0.6) is 5.75 Å². The van der Waals surface area contributed by atoms with E-state index in [1.54, 1.807) is 0 Å². The Balaban J connectivity index is 1.97. The highest BCUT2D eigenvalue weighted by molar-refractivity contribution is 5.81. The Bertz CT molecular complexity index is 554. The average molecular weight is 283 g/mol. The summed E-state index contributed by atoms with van der Waals surface area (Å²) < 4.78 is 5.75. The molecule has 1 amide bonds. The molecular weight excluding hydrogens is 262 g/mol. The molecule has 0 aliphatic heterocycles. The summed E-state index contributed by atoms with van der Waals surface area (Å²) in [6.45, 7) is 3.92. The smallest absolute Gasteiger partial charge is 0.261 e. The van der Waals surface area contributed by atoms with Gasteiger partial charge in [0.15, 0.2) is 6.10 Å². The van der Waals surface area contributed by atoms with E-state index >= 15 is 0 Å². The van der Waals surface area contributed by atoms with Crippen molar-refractivity contribution in [1.29, 1.82) is 0 Å². The highest BCUT2D eigenvalue weighted by Gasteiger charge is 2.20. The van der Waals surface area contributed by atoms with Crippen LogP contribution in [-0.2, 0) is 4.79 Å². The van der Waals surface area contributed by atoms with E-state index in [9.17, 15) is 4.79 Å². The van der Waals surface area contributed by atoms with Gasteiger partial charge in [0.25, 0.3) is 5.91 Å². The van der Waals surface area contributed by atoms with E-state index in [0.717, 1.165) is 5.56 Å². The van der Waals surface area contributed by atoms with E-state index in [4.69, 9.17) is 4.74 Å². The van der Waals surface area contributed by atoms with E-state index in [2.05, 4.69) is 5.32 Å². The summed E-state index contributed by atoms with van der Waals surface area (Å²) in [6, 6.07) is 19.3. The molecule has 0 radical (unpaired) electrons. The summed E-state index contributed by atoms with van der Waals surface area (Å²) in [5.41, 5.74) is 1.08. The fraction of sp³-hybridized carbons (Fsp3) is 0.278. The molecule has 2 aromatic carbocycles. The summed E-state index contributed by atoms with van der Waals surface area (Å²) in [6.07, 6.45) is 0.154. The Hall–Kier alpha value is -2.29. The van der Waals surface area contributed by atoms with Crippen LogP contribution >= 0.6 is 0 Å². The quantitative estimate of drug-likeness (QED) is 0.877. The fourth-order valence-corrected chi connectivity index (χ4v) is 2.12. The molecule has 0 aliphatic carbocycles. The average Bonchev–Trinajstić information content (AvgIpc) is 2.54. The van der Waals surface area contributed by atoms with Crippen molar-refractivity contribution in [1.82, 2.24) is 5.32 Å². The van der Waals surface area contributed by atoms with Crippen LogP contribution in [0.25, 0.3) is 0 Å². The van der Waals surface area contributed by atoms with E-state index in [-0.39, 0.29) is 11.9 Å². The lowest BCUT2D eigenvalue weighted by Gasteiger charge is -2.20. The number of rotatable bonds is 6. The van der Waals surface area contributed by atoms with Crippen molar-refractivity contribution in [3.05, 3.63) is 66.2 Å². The Kier molecular flexibility index (Phi) is 5.38. The normalized spacial score (nSPS) is 13.2. The van der Waals surface area contributed by atoms with E-state index in [1.165, 1.54) is 0 Å². The standard InChI is InChI=1S/C18H21NO2/c1-3-17(21-16-12-8-5-9-13-16)18(20)19-14(2)15-10-6-4-7-11-15/h4-14,17H,3H2,1-2H3,(H,19,20)/t14-,17+/m1/s1. The molecule has 0 bridgehead atoms. The van der Waals surface area contributed by atoms with Gasteiger partial charge in [0.05, 0.1) is 6.04 Å². The van der Waals surface area contributed by atoms with Crippen molar-refractivity contribution < 1.29 is 9.53 Å². The lowest BCUT2D eigenvalue weighted by atomic mass is 10.1. The number of amides is 1. The van der Waals surface area contributed by atoms with Crippen LogP contribution in [0, 0.1) is 0 Å². The first-order chi connectivity index (χ1) is 10.2. The molecule has 3 nitrogen and oxygen atoms in total. The number of nitrogens with one attached hydrogen (secondary N) is 1. The lowest BCUT2D eigenvalue weighted by Crippen LogP contribution is -2.39. The third kappa shape index (κ3) is 4.35. The fourth-order valence-electron chi connectivity index (χ4n) is 2.12. The van der Waals surface area contributed by atoms with Crippen molar-refractivity contribution in [2.24, 2.45) is 0 Å². The zero-order chi connectivity index (χ0) is 15.1. The largest absolute Gasteiger partial charge is 0.481 e. The van der Waals surface area contributed by atoms with Crippen LogP contribution in [-0.4, -0.2) is 12.0 Å². The summed E-state index contributed by atoms with van der Waals surface area (Å²) in [5, 5.41) is 3.00. The first-order valence-corrected chi connectivity index (χ1v) is 7.27. The van der Waals surface area contributed by atoms with Gasteiger partial charge in [0, 0.05) is 0 Å². The van der Waals surface area contributed by atoms with Crippen molar-refractivity contribution in [2.45, 2.75) is 32.4 Å². The molecule has 0 spiro atoms. The van der Waals surface area contributed by atoms with Crippen LogP contribution in [0.15, 0.2) is 60.7 Å². The number of carbonyl (C=O) groups is 1. The van der Waals surface area contributed by atoms with Gasteiger partial charge >= 0.3 is 0 Å². The predicted octanol–water partition coefficient (Wildman–Crippen LogP) is 3.72. The molecule has 3 heteroatoms. The molecule has 0 aliphatic rings. The molecule has 2 rings (SSSR count). The first kappa shape index (κ1) is 15.1. The SMILES string of the molecule is CC[C@H](Oc1ccccc1)C(=O)N[C@H](C)c1ccccc1. The minimum absolute atomic E-state index is 0.0351. The molecule has 2 atom stereocenters. The van der Waals surface area contributed by atoms with Crippen LogP contribution < -0.4 is 10.1 Å². The lowest BCUT2D eigenvalue weighted by molar-refractivity contribution is -0.128. The molecule has 2 aromatic rings. The monoisotopic (exact) mass is 283 g/mol.